The van der Waals surface area contributed by atoms with Gasteiger partial charge in [0.2, 0.25) is 5.91 Å². The van der Waals surface area contributed by atoms with Crippen LogP contribution in [-0.4, -0.2) is 63.3 Å². The average Bonchev–Trinajstić information content (AvgIpc) is 2.84. The van der Waals surface area contributed by atoms with E-state index in [1.807, 2.05) is 0 Å². The highest BCUT2D eigenvalue weighted by atomic mass is 16.5. The Kier molecular flexibility index (Phi) is 10.3. The van der Waals surface area contributed by atoms with E-state index in [9.17, 15) is 4.79 Å². The van der Waals surface area contributed by atoms with Crippen LogP contribution in [0.2, 0.25) is 0 Å². The molecule has 1 aromatic carbocycles. The van der Waals surface area contributed by atoms with Crippen molar-refractivity contribution in [1.29, 1.82) is 0 Å². The summed E-state index contributed by atoms with van der Waals surface area (Å²) in [5.41, 5.74) is 2.31. The summed E-state index contributed by atoms with van der Waals surface area (Å²) < 4.78 is 11.4. The number of rotatable bonds is 9. The fraction of sp³-hybridized carbons (Fsp3) is 0.680. The van der Waals surface area contributed by atoms with Crippen LogP contribution in [0.3, 0.4) is 0 Å². The normalized spacial score (nSPS) is 18.4. The van der Waals surface area contributed by atoms with Crippen molar-refractivity contribution in [2.45, 2.75) is 64.2 Å². The molecular weight excluding hydrogens is 404 g/mol. The Balaban J connectivity index is 1.50. The zero-order valence-corrected chi connectivity index (χ0v) is 19.8. The Labute approximate surface area is 192 Å². The van der Waals surface area contributed by atoms with Crippen molar-refractivity contribution in [2.75, 3.05) is 40.4 Å². The number of aliphatic imine (C=N–C) groups is 1. The first-order chi connectivity index (χ1) is 15.6. The molecule has 1 aliphatic heterocycles. The first-order valence-electron chi connectivity index (χ1n) is 12.1. The predicted molar refractivity (Wildman–Crippen MR) is 127 cm³/mol. The van der Waals surface area contributed by atoms with Crippen LogP contribution < -0.4 is 10.6 Å². The fourth-order valence-corrected chi connectivity index (χ4v) is 4.09. The number of carbonyl (C=O) groups excluding carboxylic acids is 1. The van der Waals surface area contributed by atoms with Crippen molar-refractivity contribution in [2.24, 2.45) is 10.9 Å². The van der Waals surface area contributed by atoms with Crippen LogP contribution in [0.4, 0.5) is 0 Å². The number of nitrogens with one attached hydrogen (secondary N) is 2. The molecule has 7 heteroatoms. The molecule has 0 atom stereocenters. The number of ether oxygens (including phenoxy) is 2. The lowest BCUT2D eigenvalue weighted by Gasteiger charge is -2.23. The second-order valence-corrected chi connectivity index (χ2v) is 9.13. The van der Waals surface area contributed by atoms with E-state index in [0.717, 1.165) is 38.2 Å². The van der Waals surface area contributed by atoms with E-state index < -0.39 is 0 Å². The minimum atomic E-state index is 0.0334. The minimum absolute atomic E-state index is 0.0334. The molecule has 2 fully saturated rings. The minimum Gasteiger partial charge on any atom is -0.381 e. The number of hydrogen-bond donors (Lipinski definition) is 2. The Hall–Kier alpha value is -2.12. The highest BCUT2D eigenvalue weighted by Crippen LogP contribution is 2.22. The van der Waals surface area contributed by atoms with Gasteiger partial charge in [-0.1, -0.05) is 43.5 Å². The summed E-state index contributed by atoms with van der Waals surface area (Å²) in [4.78, 5) is 18.3. The van der Waals surface area contributed by atoms with E-state index in [1.165, 1.54) is 37.7 Å². The quantitative estimate of drug-likeness (QED) is 0.452. The molecule has 32 heavy (non-hydrogen) atoms. The predicted octanol–water partition coefficient (Wildman–Crippen LogP) is 3.09. The van der Waals surface area contributed by atoms with Crippen molar-refractivity contribution in [3.63, 3.8) is 0 Å². The summed E-state index contributed by atoms with van der Waals surface area (Å²) in [6.07, 6.45) is 8.79. The van der Waals surface area contributed by atoms with Crippen LogP contribution in [0.5, 0.6) is 0 Å². The molecule has 2 N–H and O–H groups in total. The summed E-state index contributed by atoms with van der Waals surface area (Å²) in [5.74, 6) is 1.43. The third-order valence-corrected chi connectivity index (χ3v) is 6.29. The Morgan fingerprint density at radius 1 is 1.03 bits per heavy atom. The van der Waals surface area contributed by atoms with Crippen molar-refractivity contribution in [3.05, 3.63) is 35.4 Å². The van der Waals surface area contributed by atoms with Gasteiger partial charge in [-0.25, -0.2) is 4.99 Å². The van der Waals surface area contributed by atoms with Crippen LogP contribution >= 0.6 is 0 Å². The number of carbonyl (C=O) groups is 1. The van der Waals surface area contributed by atoms with Gasteiger partial charge < -0.3 is 25.0 Å². The monoisotopic (exact) mass is 444 g/mol. The molecule has 0 bridgehead atoms. The largest absolute Gasteiger partial charge is 0.381 e. The number of guanidine groups is 1. The first-order valence-corrected chi connectivity index (χ1v) is 12.1. The molecule has 1 saturated heterocycles. The number of nitrogens with zero attached hydrogens (tertiary/aromatic N) is 2. The number of hydrogen-bond acceptors (Lipinski definition) is 4. The van der Waals surface area contributed by atoms with Gasteiger partial charge in [-0.3, -0.25) is 4.79 Å². The summed E-state index contributed by atoms with van der Waals surface area (Å²) in [6, 6.07) is 8.44. The van der Waals surface area contributed by atoms with Crippen LogP contribution in [0.1, 0.15) is 56.1 Å². The number of benzene rings is 1. The average molecular weight is 445 g/mol. The van der Waals surface area contributed by atoms with Gasteiger partial charge in [-0.15, -0.1) is 0 Å². The van der Waals surface area contributed by atoms with Gasteiger partial charge in [-0.05, 0) is 42.7 Å². The lowest BCUT2D eigenvalue weighted by atomic mass is 9.89. The van der Waals surface area contributed by atoms with E-state index in [4.69, 9.17) is 14.5 Å². The molecule has 0 spiro atoms. The molecule has 178 valence electrons. The van der Waals surface area contributed by atoms with E-state index in [1.54, 1.807) is 19.0 Å². The molecule has 0 aromatic heterocycles. The topological polar surface area (TPSA) is 75.2 Å². The fourth-order valence-electron chi connectivity index (χ4n) is 4.09. The Morgan fingerprint density at radius 2 is 1.72 bits per heavy atom. The Bertz CT molecular complexity index is 708. The van der Waals surface area contributed by atoms with Crippen LogP contribution in [-0.2, 0) is 27.4 Å². The highest BCUT2D eigenvalue weighted by molar-refractivity contribution is 5.86. The Morgan fingerprint density at radius 3 is 2.41 bits per heavy atom. The van der Waals surface area contributed by atoms with Gasteiger partial charge in [0.15, 0.2) is 5.96 Å². The maximum Gasteiger partial charge on any atom is 0.241 e. The molecule has 1 aliphatic carbocycles. The van der Waals surface area contributed by atoms with E-state index >= 15 is 0 Å². The molecule has 1 aromatic rings. The van der Waals surface area contributed by atoms with E-state index in [-0.39, 0.29) is 12.5 Å². The van der Waals surface area contributed by atoms with Gasteiger partial charge in [-0.2, -0.15) is 0 Å². The SMILES string of the molecule is CN(C)C(=O)CNC(=NCc1ccc(COC2CCOCC2)cc1)NCC1CCCCC1. The van der Waals surface area contributed by atoms with Crippen molar-refractivity contribution >= 4 is 11.9 Å². The molecule has 1 heterocycles. The molecule has 1 amide bonds. The van der Waals surface area contributed by atoms with Gasteiger partial charge >= 0.3 is 0 Å². The van der Waals surface area contributed by atoms with Crippen molar-refractivity contribution in [1.82, 2.24) is 15.5 Å². The lowest BCUT2D eigenvalue weighted by molar-refractivity contribution is -0.127. The van der Waals surface area contributed by atoms with Gasteiger partial charge in [0.05, 0.1) is 25.8 Å². The van der Waals surface area contributed by atoms with Crippen LogP contribution in [0, 0.1) is 5.92 Å². The first kappa shape index (κ1) is 24.5. The third-order valence-electron chi connectivity index (χ3n) is 6.29. The smallest absolute Gasteiger partial charge is 0.241 e. The van der Waals surface area contributed by atoms with E-state index in [2.05, 4.69) is 34.9 Å². The molecule has 7 nitrogen and oxygen atoms in total. The molecule has 1 saturated carbocycles. The van der Waals surface area contributed by atoms with E-state index in [0.29, 0.717) is 31.1 Å². The summed E-state index contributed by atoms with van der Waals surface area (Å²) in [7, 11) is 3.53. The lowest BCUT2D eigenvalue weighted by Crippen LogP contribution is -2.44. The molecule has 0 radical (unpaired) electrons. The summed E-state index contributed by atoms with van der Waals surface area (Å²) in [5, 5.41) is 6.66. The zero-order chi connectivity index (χ0) is 22.6. The maximum absolute atomic E-state index is 12.0. The highest BCUT2D eigenvalue weighted by Gasteiger charge is 2.15. The van der Waals surface area contributed by atoms with Crippen molar-refractivity contribution in [3.8, 4) is 0 Å². The van der Waals surface area contributed by atoms with Gasteiger partial charge in [0.1, 0.15) is 0 Å². The van der Waals surface area contributed by atoms with Gasteiger partial charge in [0.25, 0.3) is 0 Å². The standard InChI is InChI=1S/C25H40N4O3/c1-29(2)24(30)18-28-25(26-16-20-6-4-3-5-7-20)27-17-21-8-10-22(11-9-21)19-32-23-12-14-31-15-13-23/h8-11,20,23H,3-7,12-19H2,1-2H3,(H2,26,27,28). The maximum atomic E-state index is 12.0. The molecule has 3 rings (SSSR count). The molecule has 2 aliphatic rings. The summed E-state index contributed by atoms with van der Waals surface area (Å²) >= 11 is 0. The third kappa shape index (κ3) is 8.79. The second kappa shape index (κ2) is 13.4. The van der Waals surface area contributed by atoms with Gasteiger partial charge in [0, 0.05) is 33.9 Å². The summed E-state index contributed by atoms with van der Waals surface area (Å²) in [6.45, 7) is 3.95. The molecule has 0 unspecified atom stereocenters. The van der Waals surface area contributed by atoms with Crippen LogP contribution in [0.25, 0.3) is 0 Å². The number of amides is 1. The second-order valence-electron chi connectivity index (χ2n) is 9.13. The van der Waals surface area contributed by atoms with Crippen LogP contribution in [0.15, 0.2) is 29.3 Å². The van der Waals surface area contributed by atoms with Crippen molar-refractivity contribution < 1.29 is 14.3 Å². The zero-order valence-electron chi connectivity index (χ0n) is 19.8. The molecular formula is C25H40N4O3. The number of likely N-dealkylation sites (N-methyl/N-ethyl adjacent to an activating group) is 1.